The van der Waals surface area contributed by atoms with Gasteiger partial charge in [0.1, 0.15) is 0 Å². The normalized spacial score (nSPS) is 10.9. The predicted octanol–water partition coefficient (Wildman–Crippen LogP) is 3.04. The maximum Gasteiger partial charge on any atom is 0.0758 e. The number of hydrogen-bond acceptors (Lipinski definition) is 2. The molecule has 0 aliphatic carbocycles. The van der Waals surface area contributed by atoms with Crippen LogP contribution in [0.3, 0.4) is 0 Å². The quantitative estimate of drug-likeness (QED) is 0.634. The summed E-state index contributed by atoms with van der Waals surface area (Å²) in [7, 11) is 0. The number of para-hydroxylation sites is 1. The highest BCUT2D eigenvalue weighted by molar-refractivity contribution is 5.86. The molecule has 17 heavy (non-hydrogen) atoms. The monoisotopic (exact) mass is 223 g/mol. The summed E-state index contributed by atoms with van der Waals surface area (Å²) in [5, 5.41) is 5.65. The van der Waals surface area contributed by atoms with Crippen molar-refractivity contribution in [1.29, 1.82) is 0 Å². The number of hydrogen-bond donors (Lipinski definition) is 0. The van der Waals surface area contributed by atoms with Gasteiger partial charge < -0.3 is 0 Å². The van der Waals surface area contributed by atoms with Crippen molar-refractivity contribution in [2.24, 2.45) is 0 Å². The predicted molar refractivity (Wildman–Crippen MR) is 68.3 cm³/mol. The van der Waals surface area contributed by atoms with Crippen molar-refractivity contribution in [3.05, 3.63) is 54.0 Å². The van der Waals surface area contributed by atoms with Gasteiger partial charge in [0.15, 0.2) is 0 Å². The van der Waals surface area contributed by atoms with Crippen LogP contribution in [0, 0.1) is 13.8 Å². The highest BCUT2D eigenvalue weighted by Gasteiger charge is 2.07. The fourth-order valence-electron chi connectivity index (χ4n) is 2.14. The van der Waals surface area contributed by atoms with Crippen molar-refractivity contribution in [3.63, 3.8) is 0 Å². The molecule has 0 radical (unpaired) electrons. The van der Waals surface area contributed by atoms with E-state index >= 15 is 0 Å². The van der Waals surface area contributed by atoms with E-state index in [1.54, 1.807) is 0 Å². The van der Waals surface area contributed by atoms with Gasteiger partial charge in [-0.1, -0.05) is 18.2 Å². The molecule has 0 aliphatic heterocycles. The fraction of sp³-hybridized carbons (Fsp3) is 0.143. The second-order valence-electron chi connectivity index (χ2n) is 4.19. The van der Waals surface area contributed by atoms with Crippen LogP contribution in [0.2, 0.25) is 0 Å². The molecule has 0 saturated heterocycles. The van der Waals surface area contributed by atoms with Crippen LogP contribution >= 0.6 is 0 Å². The van der Waals surface area contributed by atoms with Crippen LogP contribution < -0.4 is 0 Å². The molecule has 3 nitrogen and oxygen atoms in total. The summed E-state index contributed by atoms with van der Waals surface area (Å²) in [5.74, 6) is 0. The summed E-state index contributed by atoms with van der Waals surface area (Å²) in [6, 6.07) is 12.2. The molecule has 0 fully saturated rings. The summed E-state index contributed by atoms with van der Waals surface area (Å²) >= 11 is 0. The van der Waals surface area contributed by atoms with Crippen molar-refractivity contribution < 1.29 is 0 Å². The van der Waals surface area contributed by atoms with Crippen LogP contribution in [0.1, 0.15) is 11.4 Å². The molecule has 0 bridgehead atoms. The Balaban J connectivity index is 2.34. The number of benzene rings is 1. The van der Waals surface area contributed by atoms with Gasteiger partial charge in [0.05, 0.1) is 16.9 Å². The van der Waals surface area contributed by atoms with Gasteiger partial charge in [-0.2, -0.15) is 5.10 Å². The minimum Gasteiger partial charge on any atom is -0.256 e. The van der Waals surface area contributed by atoms with E-state index in [-0.39, 0.29) is 0 Å². The maximum absolute atomic E-state index is 4.52. The number of aromatic nitrogens is 3. The number of nitrogens with zero attached hydrogens (tertiary/aromatic N) is 3. The van der Waals surface area contributed by atoms with E-state index < -0.39 is 0 Å². The SMILES string of the molecule is Cc1cc(C)n(-c2ccnc3ccccc23)n1. The van der Waals surface area contributed by atoms with Crippen LogP contribution in [0.25, 0.3) is 16.6 Å². The summed E-state index contributed by atoms with van der Waals surface area (Å²) in [4.78, 5) is 4.36. The van der Waals surface area contributed by atoms with Gasteiger partial charge >= 0.3 is 0 Å². The molecule has 2 heterocycles. The highest BCUT2D eigenvalue weighted by atomic mass is 15.3. The third-order valence-corrected chi connectivity index (χ3v) is 2.86. The molecule has 0 spiro atoms. The minimum absolute atomic E-state index is 0.998. The van der Waals surface area contributed by atoms with Crippen molar-refractivity contribution in [3.8, 4) is 5.69 Å². The Morgan fingerprint density at radius 1 is 1.06 bits per heavy atom. The third kappa shape index (κ3) is 1.60. The first kappa shape index (κ1) is 10.0. The van der Waals surface area contributed by atoms with Crippen molar-refractivity contribution in [2.75, 3.05) is 0 Å². The second kappa shape index (κ2) is 3.70. The van der Waals surface area contributed by atoms with Crippen LogP contribution in [0.5, 0.6) is 0 Å². The summed E-state index contributed by atoms with van der Waals surface area (Å²) in [6.45, 7) is 4.07. The first-order chi connectivity index (χ1) is 8.25. The van der Waals surface area contributed by atoms with Gasteiger partial charge in [-0.3, -0.25) is 4.98 Å². The Morgan fingerprint density at radius 2 is 1.88 bits per heavy atom. The zero-order valence-corrected chi connectivity index (χ0v) is 9.88. The molecule has 0 saturated carbocycles. The van der Waals surface area contributed by atoms with Gasteiger partial charge in [-0.15, -0.1) is 0 Å². The maximum atomic E-state index is 4.52. The first-order valence-electron chi connectivity index (χ1n) is 5.63. The van der Waals surface area contributed by atoms with Crippen molar-refractivity contribution in [2.45, 2.75) is 13.8 Å². The lowest BCUT2D eigenvalue weighted by molar-refractivity contribution is 0.838. The zero-order valence-electron chi connectivity index (χ0n) is 9.88. The Bertz CT molecular complexity index is 678. The molecule has 84 valence electrons. The first-order valence-corrected chi connectivity index (χ1v) is 5.63. The zero-order chi connectivity index (χ0) is 11.8. The molecule has 0 amide bonds. The van der Waals surface area contributed by atoms with E-state index in [2.05, 4.69) is 29.1 Å². The van der Waals surface area contributed by atoms with Gasteiger partial charge in [-0.05, 0) is 32.0 Å². The number of rotatable bonds is 1. The Morgan fingerprint density at radius 3 is 2.65 bits per heavy atom. The lowest BCUT2D eigenvalue weighted by atomic mass is 10.2. The molecule has 0 unspecified atom stereocenters. The Hall–Kier alpha value is -2.16. The van der Waals surface area contributed by atoms with Crippen LogP contribution in [0.15, 0.2) is 42.6 Å². The van der Waals surface area contributed by atoms with Gasteiger partial charge in [0.2, 0.25) is 0 Å². The lowest BCUT2D eigenvalue weighted by Gasteiger charge is -2.07. The van der Waals surface area contributed by atoms with Crippen LogP contribution in [0.4, 0.5) is 0 Å². The number of fused-ring (bicyclic) bond motifs is 1. The molecule has 3 rings (SSSR count). The van der Waals surface area contributed by atoms with Gasteiger partial charge in [0, 0.05) is 17.3 Å². The van der Waals surface area contributed by atoms with Crippen LogP contribution in [-0.4, -0.2) is 14.8 Å². The average molecular weight is 223 g/mol. The summed E-state index contributed by atoms with van der Waals surface area (Å²) in [6.07, 6.45) is 1.83. The molecular formula is C14H13N3. The summed E-state index contributed by atoms with van der Waals surface area (Å²) in [5.41, 5.74) is 4.25. The second-order valence-corrected chi connectivity index (χ2v) is 4.19. The van der Waals surface area contributed by atoms with Crippen LogP contribution in [-0.2, 0) is 0 Å². The molecule has 3 aromatic rings. The Labute approximate surface area is 99.7 Å². The standard InChI is InChI=1S/C14H13N3/c1-10-9-11(2)17(16-10)14-7-8-15-13-6-4-3-5-12(13)14/h3-9H,1-2H3. The number of pyridine rings is 1. The molecule has 0 aliphatic rings. The van der Waals surface area contributed by atoms with E-state index in [0.717, 1.165) is 28.0 Å². The minimum atomic E-state index is 0.998. The van der Waals surface area contributed by atoms with E-state index in [1.807, 2.05) is 42.1 Å². The average Bonchev–Trinajstić information content (AvgIpc) is 2.68. The van der Waals surface area contributed by atoms with Crippen molar-refractivity contribution >= 4 is 10.9 Å². The van der Waals surface area contributed by atoms with E-state index in [0.29, 0.717) is 0 Å². The largest absolute Gasteiger partial charge is 0.256 e. The molecule has 3 heteroatoms. The number of aryl methyl sites for hydroxylation is 2. The molecule has 2 aromatic heterocycles. The van der Waals surface area contributed by atoms with E-state index in [4.69, 9.17) is 0 Å². The van der Waals surface area contributed by atoms with Gasteiger partial charge in [0.25, 0.3) is 0 Å². The van der Waals surface area contributed by atoms with E-state index in [9.17, 15) is 0 Å². The smallest absolute Gasteiger partial charge is 0.0758 e. The topological polar surface area (TPSA) is 30.7 Å². The van der Waals surface area contributed by atoms with Crippen molar-refractivity contribution in [1.82, 2.24) is 14.8 Å². The third-order valence-electron chi connectivity index (χ3n) is 2.86. The fourth-order valence-corrected chi connectivity index (χ4v) is 2.14. The highest BCUT2D eigenvalue weighted by Crippen LogP contribution is 2.21. The molecule has 1 aromatic carbocycles. The molecular weight excluding hydrogens is 210 g/mol. The lowest BCUT2D eigenvalue weighted by Crippen LogP contribution is -2.00. The molecule has 0 N–H and O–H groups in total. The Kier molecular flexibility index (Phi) is 2.18. The van der Waals surface area contributed by atoms with Gasteiger partial charge in [-0.25, -0.2) is 4.68 Å². The molecule has 0 atom stereocenters. The summed E-state index contributed by atoms with van der Waals surface area (Å²) < 4.78 is 1.97. The van der Waals surface area contributed by atoms with E-state index in [1.165, 1.54) is 0 Å².